The molecule has 25 heavy (non-hydrogen) atoms. The van der Waals surface area contributed by atoms with Gasteiger partial charge in [0, 0.05) is 11.6 Å². The molecule has 7 nitrogen and oxygen atoms in total. The maximum atomic E-state index is 11.8. The Morgan fingerprint density at radius 3 is 2.40 bits per heavy atom. The predicted molar refractivity (Wildman–Crippen MR) is 93.8 cm³/mol. The third-order valence-corrected chi connectivity index (χ3v) is 3.26. The number of carbonyl (C=O) groups is 1. The maximum absolute atomic E-state index is 11.8. The third-order valence-electron chi connectivity index (χ3n) is 3.26. The molecule has 0 aliphatic heterocycles. The topological polar surface area (TPSA) is 78.4 Å². The lowest BCUT2D eigenvalue weighted by Gasteiger charge is -2.09. The van der Waals surface area contributed by atoms with Crippen LogP contribution < -0.4 is 24.4 Å². The molecule has 0 atom stereocenters. The monoisotopic (exact) mass is 344 g/mol. The Bertz CT molecular complexity index is 746. The maximum Gasteiger partial charge on any atom is 0.277 e. The summed E-state index contributed by atoms with van der Waals surface area (Å²) >= 11 is 0. The van der Waals surface area contributed by atoms with Crippen molar-refractivity contribution in [3.05, 3.63) is 48.0 Å². The van der Waals surface area contributed by atoms with E-state index in [0.717, 1.165) is 0 Å². The van der Waals surface area contributed by atoms with Gasteiger partial charge in [0.25, 0.3) is 5.91 Å². The lowest BCUT2D eigenvalue weighted by Crippen LogP contribution is -2.24. The number of hydrogen-bond acceptors (Lipinski definition) is 6. The molecule has 1 N–H and O–H groups in total. The Kier molecular flexibility index (Phi) is 6.65. The molecular formula is C18H20N2O5. The second-order valence-corrected chi connectivity index (χ2v) is 4.84. The fourth-order valence-corrected chi connectivity index (χ4v) is 2.01. The number of rotatable bonds is 8. The number of methoxy groups -OCH3 is 3. The van der Waals surface area contributed by atoms with Gasteiger partial charge in [0.05, 0.1) is 27.5 Å². The summed E-state index contributed by atoms with van der Waals surface area (Å²) in [6, 6.07) is 12.4. The summed E-state index contributed by atoms with van der Waals surface area (Å²) in [6.07, 6.45) is 1.49. The van der Waals surface area contributed by atoms with E-state index in [4.69, 9.17) is 18.9 Å². The van der Waals surface area contributed by atoms with Crippen molar-refractivity contribution in [1.82, 2.24) is 5.43 Å². The number of benzene rings is 2. The van der Waals surface area contributed by atoms with Gasteiger partial charge in [0.15, 0.2) is 18.1 Å². The molecule has 1 amide bonds. The Morgan fingerprint density at radius 1 is 1.00 bits per heavy atom. The molecule has 2 rings (SSSR count). The van der Waals surface area contributed by atoms with E-state index in [1.165, 1.54) is 13.3 Å². The van der Waals surface area contributed by atoms with Crippen LogP contribution in [-0.4, -0.2) is 40.1 Å². The lowest BCUT2D eigenvalue weighted by molar-refractivity contribution is -0.123. The molecular weight excluding hydrogens is 324 g/mol. The molecule has 0 heterocycles. The highest BCUT2D eigenvalue weighted by Crippen LogP contribution is 2.25. The first kappa shape index (κ1) is 18.1. The quantitative estimate of drug-likeness (QED) is 0.587. The van der Waals surface area contributed by atoms with E-state index < -0.39 is 5.91 Å². The zero-order valence-corrected chi connectivity index (χ0v) is 14.3. The van der Waals surface area contributed by atoms with Gasteiger partial charge in [0.2, 0.25) is 0 Å². The van der Waals surface area contributed by atoms with Crippen molar-refractivity contribution < 1.29 is 23.7 Å². The van der Waals surface area contributed by atoms with E-state index in [9.17, 15) is 4.79 Å². The van der Waals surface area contributed by atoms with Gasteiger partial charge in [-0.25, -0.2) is 5.43 Å². The number of nitrogens with one attached hydrogen (secondary N) is 1. The second-order valence-electron chi connectivity index (χ2n) is 4.84. The van der Waals surface area contributed by atoms with E-state index in [2.05, 4.69) is 10.5 Å². The standard InChI is InChI=1S/C18H20N2O5/c1-22-14-9-8-13(17(10-14)24-3)11-19-20-18(21)12-25-16-7-5-4-6-15(16)23-2/h4-11H,12H2,1-3H3,(H,20,21)/b19-11-. The average molecular weight is 344 g/mol. The molecule has 2 aromatic carbocycles. The third kappa shape index (κ3) is 5.13. The molecule has 0 unspecified atom stereocenters. The van der Waals surface area contributed by atoms with Crippen molar-refractivity contribution in [2.45, 2.75) is 0 Å². The molecule has 132 valence electrons. The van der Waals surface area contributed by atoms with Crippen LogP contribution >= 0.6 is 0 Å². The van der Waals surface area contributed by atoms with Gasteiger partial charge in [0.1, 0.15) is 11.5 Å². The summed E-state index contributed by atoms with van der Waals surface area (Å²) in [7, 11) is 4.66. The lowest BCUT2D eigenvalue weighted by atomic mass is 10.2. The van der Waals surface area contributed by atoms with Gasteiger partial charge in [-0.3, -0.25) is 4.79 Å². The SMILES string of the molecule is COc1ccc(/C=N\NC(=O)COc2ccccc2OC)c(OC)c1. The highest BCUT2D eigenvalue weighted by atomic mass is 16.5. The minimum atomic E-state index is -0.394. The van der Waals surface area contributed by atoms with Crippen LogP contribution in [-0.2, 0) is 4.79 Å². The number of amides is 1. The Balaban J connectivity index is 1.90. The van der Waals surface area contributed by atoms with Crippen LogP contribution in [0.2, 0.25) is 0 Å². The van der Waals surface area contributed by atoms with Crippen molar-refractivity contribution in [3.63, 3.8) is 0 Å². The summed E-state index contributed by atoms with van der Waals surface area (Å²) in [4.78, 5) is 11.8. The number of para-hydroxylation sites is 2. The molecule has 0 fully saturated rings. The first-order valence-electron chi connectivity index (χ1n) is 7.47. The Labute approximate surface area is 146 Å². The summed E-state index contributed by atoms with van der Waals surface area (Å²) in [5.41, 5.74) is 3.10. The van der Waals surface area contributed by atoms with Crippen LogP contribution in [0.3, 0.4) is 0 Å². The van der Waals surface area contributed by atoms with Crippen molar-refractivity contribution in [2.24, 2.45) is 5.10 Å². The summed E-state index contributed by atoms with van der Waals surface area (Å²) in [5, 5.41) is 3.90. The van der Waals surface area contributed by atoms with Crippen molar-refractivity contribution >= 4 is 12.1 Å². The zero-order chi connectivity index (χ0) is 18.1. The van der Waals surface area contributed by atoms with Gasteiger partial charge in [-0.1, -0.05) is 12.1 Å². The fraction of sp³-hybridized carbons (Fsp3) is 0.222. The highest BCUT2D eigenvalue weighted by Gasteiger charge is 2.06. The smallest absolute Gasteiger partial charge is 0.277 e. The van der Waals surface area contributed by atoms with E-state index in [0.29, 0.717) is 28.6 Å². The van der Waals surface area contributed by atoms with Gasteiger partial charge < -0.3 is 18.9 Å². The van der Waals surface area contributed by atoms with E-state index in [-0.39, 0.29) is 6.61 Å². The minimum absolute atomic E-state index is 0.183. The minimum Gasteiger partial charge on any atom is -0.497 e. The Morgan fingerprint density at radius 2 is 1.72 bits per heavy atom. The van der Waals surface area contributed by atoms with Crippen molar-refractivity contribution in [3.8, 4) is 23.0 Å². The van der Waals surface area contributed by atoms with Crippen LogP contribution in [0.1, 0.15) is 5.56 Å². The molecule has 0 aromatic heterocycles. The second kappa shape index (κ2) is 9.17. The van der Waals surface area contributed by atoms with Crippen LogP contribution in [0.5, 0.6) is 23.0 Å². The van der Waals surface area contributed by atoms with Crippen LogP contribution in [0, 0.1) is 0 Å². The van der Waals surface area contributed by atoms with Gasteiger partial charge >= 0.3 is 0 Å². The summed E-state index contributed by atoms with van der Waals surface area (Å²) in [5.74, 6) is 1.91. The number of hydrogen-bond donors (Lipinski definition) is 1. The van der Waals surface area contributed by atoms with Gasteiger partial charge in [-0.05, 0) is 24.3 Å². The predicted octanol–water partition coefficient (Wildman–Crippen LogP) is 2.24. The molecule has 0 saturated heterocycles. The van der Waals surface area contributed by atoms with Gasteiger partial charge in [-0.15, -0.1) is 0 Å². The molecule has 0 radical (unpaired) electrons. The largest absolute Gasteiger partial charge is 0.497 e. The van der Waals surface area contributed by atoms with E-state index in [1.54, 1.807) is 50.6 Å². The molecule has 0 aliphatic rings. The molecule has 0 bridgehead atoms. The van der Waals surface area contributed by atoms with Crippen molar-refractivity contribution in [1.29, 1.82) is 0 Å². The van der Waals surface area contributed by atoms with Crippen LogP contribution in [0.25, 0.3) is 0 Å². The number of ether oxygens (including phenoxy) is 4. The molecule has 7 heteroatoms. The first-order chi connectivity index (χ1) is 12.2. The van der Waals surface area contributed by atoms with Crippen LogP contribution in [0.4, 0.5) is 0 Å². The van der Waals surface area contributed by atoms with Crippen LogP contribution in [0.15, 0.2) is 47.6 Å². The van der Waals surface area contributed by atoms with E-state index >= 15 is 0 Å². The summed E-state index contributed by atoms with van der Waals surface area (Å²) < 4.78 is 20.9. The van der Waals surface area contributed by atoms with Gasteiger partial charge in [-0.2, -0.15) is 5.10 Å². The zero-order valence-electron chi connectivity index (χ0n) is 14.3. The molecule has 0 spiro atoms. The number of carbonyl (C=O) groups excluding carboxylic acids is 1. The normalized spacial score (nSPS) is 10.4. The first-order valence-corrected chi connectivity index (χ1v) is 7.47. The van der Waals surface area contributed by atoms with E-state index in [1.807, 2.05) is 6.07 Å². The van der Waals surface area contributed by atoms with Crippen molar-refractivity contribution in [2.75, 3.05) is 27.9 Å². The average Bonchev–Trinajstić information content (AvgIpc) is 2.66. The highest BCUT2D eigenvalue weighted by molar-refractivity contribution is 5.85. The summed E-state index contributed by atoms with van der Waals surface area (Å²) in [6.45, 7) is -0.183. The molecule has 2 aromatic rings. The fourth-order valence-electron chi connectivity index (χ4n) is 2.01. The number of nitrogens with zero attached hydrogens (tertiary/aromatic N) is 1. The Hall–Kier alpha value is -3.22. The number of hydrazone groups is 1. The molecule has 0 saturated carbocycles. The molecule has 0 aliphatic carbocycles.